The lowest BCUT2D eigenvalue weighted by Gasteiger charge is -2.14. The minimum absolute atomic E-state index is 0.276. The monoisotopic (exact) mass is 285 g/mol. The van der Waals surface area contributed by atoms with Gasteiger partial charge in [-0.15, -0.1) is 0 Å². The molecule has 0 bridgehead atoms. The van der Waals surface area contributed by atoms with E-state index in [2.05, 4.69) is 25.7 Å². The molecule has 1 aromatic rings. The van der Waals surface area contributed by atoms with Gasteiger partial charge in [-0.3, -0.25) is 10.2 Å². The quantitative estimate of drug-likeness (QED) is 0.286. The second-order valence-corrected chi connectivity index (χ2v) is 5.24. The van der Waals surface area contributed by atoms with Gasteiger partial charge in [-0.2, -0.15) is 15.0 Å². The van der Waals surface area contributed by atoms with Gasteiger partial charge in [-0.05, 0) is 13.8 Å². The van der Waals surface area contributed by atoms with Crippen LogP contribution in [0.5, 0.6) is 0 Å². The lowest BCUT2D eigenvalue weighted by Crippen LogP contribution is -2.36. The van der Waals surface area contributed by atoms with Crippen molar-refractivity contribution in [3.05, 3.63) is 0 Å². The van der Waals surface area contributed by atoms with Crippen LogP contribution in [0.1, 0.15) is 13.8 Å². The Hall–Kier alpha value is -1.61. The molecule has 1 heterocycles. The van der Waals surface area contributed by atoms with Crippen molar-refractivity contribution in [2.24, 2.45) is 5.84 Å². The largest absolute Gasteiger partial charge is 0.354 e. The van der Waals surface area contributed by atoms with Gasteiger partial charge in [-0.1, -0.05) is 11.8 Å². The molecule has 1 amide bonds. The number of nitrogens with two attached hydrogens (primary N) is 1. The molecule has 1 rings (SSSR count). The first-order valence-electron chi connectivity index (χ1n) is 5.82. The number of carbonyl (C=O) groups is 1. The van der Waals surface area contributed by atoms with E-state index in [-0.39, 0.29) is 11.2 Å². The van der Waals surface area contributed by atoms with E-state index in [1.165, 1.54) is 11.8 Å². The maximum Gasteiger partial charge on any atom is 0.247 e. The van der Waals surface area contributed by atoms with Crippen LogP contribution in [0.15, 0.2) is 5.16 Å². The van der Waals surface area contributed by atoms with Crippen LogP contribution >= 0.6 is 11.8 Å². The molecule has 9 heteroatoms. The molecule has 1 aromatic heterocycles. The third-order valence-corrected chi connectivity index (χ3v) is 3.09. The summed E-state index contributed by atoms with van der Waals surface area (Å²) in [6, 6.07) is 0. The number of nitrogens with zero attached hydrogens (tertiary/aromatic N) is 4. The van der Waals surface area contributed by atoms with Crippen molar-refractivity contribution in [3.8, 4) is 0 Å². The lowest BCUT2D eigenvalue weighted by molar-refractivity contribution is -0.120. The Bertz CT molecular complexity index is 440. The second-order valence-electron chi connectivity index (χ2n) is 3.94. The number of aromatic nitrogens is 3. The predicted octanol–water partition coefficient (Wildman–Crippen LogP) is -0.160. The van der Waals surface area contributed by atoms with Gasteiger partial charge in [0.1, 0.15) is 0 Å². The van der Waals surface area contributed by atoms with Crippen LogP contribution in [-0.4, -0.2) is 46.7 Å². The van der Waals surface area contributed by atoms with Gasteiger partial charge in [0, 0.05) is 20.6 Å². The first-order chi connectivity index (χ1) is 8.97. The molecule has 0 radical (unpaired) electrons. The van der Waals surface area contributed by atoms with Crippen LogP contribution in [0.2, 0.25) is 0 Å². The van der Waals surface area contributed by atoms with Gasteiger partial charge in [0.15, 0.2) is 5.16 Å². The molecule has 0 aromatic carbocycles. The summed E-state index contributed by atoms with van der Waals surface area (Å²) in [6.07, 6.45) is 0. The number of hydrazine groups is 1. The first-order valence-corrected chi connectivity index (χ1v) is 6.70. The molecule has 0 aliphatic carbocycles. The molecule has 4 N–H and O–H groups in total. The number of hydrogen-bond donors (Lipinski definition) is 3. The summed E-state index contributed by atoms with van der Waals surface area (Å²) in [4.78, 5) is 25.9. The van der Waals surface area contributed by atoms with Gasteiger partial charge < -0.3 is 10.2 Å². The molecule has 106 valence electrons. The van der Waals surface area contributed by atoms with Crippen molar-refractivity contribution in [3.63, 3.8) is 0 Å². The third-order valence-electron chi connectivity index (χ3n) is 2.13. The van der Waals surface area contributed by atoms with Crippen molar-refractivity contribution < 1.29 is 4.79 Å². The van der Waals surface area contributed by atoms with Crippen molar-refractivity contribution in [1.82, 2.24) is 20.4 Å². The van der Waals surface area contributed by atoms with Gasteiger partial charge in [0.2, 0.25) is 17.8 Å². The maximum absolute atomic E-state index is 11.4. The summed E-state index contributed by atoms with van der Waals surface area (Å²) >= 11 is 1.23. The van der Waals surface area contributed by atoms with E-state index in [1.54, 1.807) is 11.8 Å². The summed E-state index contributed by atoms with van der Waals surface area (Å²) in [5, 5.41) is 3.13. The topological polar surface area (TPSA) is 109 Å². The molecule has 1 atom stereocenters. The van der Waals surface area contributed by atoms with Crippen molar-refractivity contribution in [1.29, 1.82) is 0 Å². The second kappa shape index (κ2) is 7.10. The zero-order valence-corrected chi connectivity index (χ0v) is 12.3. The first kappa shape index (κ1) is 15.4. The number of amides is 1. The standard InChI is InChI=1S/C10H19N7OS/c1-5-12-8-13-9(17(3)4)15-10(14-8)19-6(2)7(18)16-11/h6H,5,11H2,1-4H3,(H,16,18)(H,12,13,14,15)/t6-/m0/s1. The molecule has 0 aliphatic heterocycles. The molecular formula is C10H19N7OS. The van der Waals surface area contributed by atoms with E-state index in [0.717, 1.165) is 0 Å². The molecule has 8 nitrogen and oxygen atoms in total. The van der Waals surface area contributed by atoms with Crippen LogP contribution in [0, 0.1) is 0 Å². The molecular weight excluding hydrogens is 266 g/mol. The van der Waals surface area contributed by atoms with Crippen LogP contribution < -0.4 is 21.5 Å². The molecule has 19 heavy (non-hydrogen) atoms. The minimum atomic E-state index is -0.378. The summed E-state index contributed by atoms with van der Waals surface area (Å²) < 4.78 is 0. The van der Waals surface area contributed by atoms with Crippen molar-refractivity contribution in [2.75, 3.05) is 30.9 Å². The molecule has 0 aliphatic rings. The third kappa shape index (κ3) is 4.52. The Balaban J connectivity index is 2.95. The van der Waals surface area contributed by atoms with E-state index in [9.17, 15) is 4.79 Å². The molecule has 0 spiro atoms. The smallest absolute Gasteiger partial charge is 0.247 e. The highest BCUT2D eigenvalue weighted by Crippen LogP contribution is 2.22. The lowest BCUT2D eigenvalue weighted by atomic mass is 10.5. The number of carbonyl (C=O) groups excluding carboxylic acids is 1. The van der Waals surface area contributed by atoms with Gasteiger partial charge in [0.05, 0.1) is 5.25 Å². The molecule has 0 fully saturated rings. The zero-order chi connectivity index (χ0) is 14.4. The highest BCUT2D eigenvalue weighted by Gasteiger charge is 2.16. The Morgan fingerprint density at radius 1 is 1.42 bits per heavy atom. The summed E-state index contributed by atoms with van der Waals surface area (Å²) in [6.45, 7) is 4.40. The van der Waals surface area contributed by atoms with E-state index >= 15 is 0 Å². The normalized spacial score (nSPS) is 11.8. The van der Waals surface area contributed by atoms with Gasteiger partial charge in [-0.25, -0.2) is 5.84 Å². The predicted molar refractivity (Wildman–Crippen MR) is 76.0 cm³/mol. The fourth-order valence-corrected chi connectivity index (χ4v) is 1.93. The van der Waals surface area contributed by atoms with E-state index < -0.39 is 0 Å². The molecule has 0 saturated carbocycles. The van der Waals surface area contributed by atoms with E-state index in [0.29, 0.717) is 23.6 Å². The fraction of sp³-hybridized carbons (Fsp3) is 0.600. The summed E-state index contributed by atoms with van der Waals surface area (Å²) in [5.41, 5.74) is 2.11. The Morgan fingerprint density at radius 3 is 2.63 bits per heavy atom. The number of hydrogen-bond acceptors (Lipinski definition) is 8. The van der Waals surface area contributed by atoms with Crippen LogP contribution in [0.3, 0.4) is 0 Å². The summed E-state index contributed by atoms with van der Waals surface area (Å²) in [7, 11) is 3.69. The van der Waals surface area contributed by atoms with E-state index in [1.807, 2.05) is 21.0 Å². The number of thioether (sulfide) groups is 1. The molecule has 0 unspecified atom stereocenters. The van der Waals surface area contributed by atoms with Gasteiger partial charge >= 0.3 is 0 Å². The summed E-state index contributed by atoms with van der Waals surface area (Å²) in [5.74, 6) is 5.85. The van der Waals surface area contributed by atoms with Crippen LogP contribution in [0.4, 0.5) is 11.9 Å². The van der Waals surface area contributed by atoms with Crippen molar-refractivity contribution >= 4 is 29.6 Å². The Labute approximate surface area is 116 Å². The average molecular weight is 285 g/mol. The number of anilines is 2. The minimum Gasteiger partial charge on any atom is -0.354 e. The van der Waals surface area contributed by atoms with Gasteiger partial charge in [0.25, 0.3) is 0 Å². The van der Waals surface area contributed by atoms with E-state index in [4.69, 9.17) is 5.84 Å². The highest BCUT2D eigenvalue weighted by molar-refractivity contribution is 8.00. The Kier molecular flexibility index (Phi) is 5.77. The number of rotatable bonds is 6. The van der Waals surface area contributed by atoms with Crippen LogP contribution in [-0.2, 0) is 4.79 Å². The highest BCUT2D eigenvalue weighted by atomic mass is 32.2. The Morgan fingerprint density at radius 2 is 2.11 bits per heavy atom. The van der Waals surface area contributed by atoms with Crippen molar-refractivity contribution in [2.45, 2.75) is 24.3 Å². The molecule has 0 saturated heterocycles. The maximum atomic E-state index is 11.4. The average Bonchev–Trinajstić information content (AvgIpc) is 2.37. The van der Waals surface area contributed by atoms with Crippen LogP contribution in [0.25, 0.3) is 0 Å². The SMILES string of the molecule is CCNc1nc(S[C@@H](C)C(=O)NN)nc(N(C)C)n1. The zero-order valence-electron chi connectivity index (χ0n) is 11.5. The number of nitrogens with one attached hydrogen (secondary N) is 2. The fourth-order valence-electron chi connectivity index (χ4n) is 1.16.